The predicted molar refractivity (Wildman–Crippen MR) is 66.6 cm³/mol. The summed E-state index contributed by atoms with van der Waals surface area (Å²) < 4.78 is 0. The highest BCUT2D eigenvalue weighted by molar-refractivity contribution is 6.34. The molecule has 2 amide bonds. The van der Waals surface area contributed by atoms with Crippen LogP contribution >= 0.6 is 0 Å². The van der Waals surface area contributed by atoms with Gasteiger partial charge in [0, 0.05) is 39.3 Å². The van der Waals surface area contributed by atoms with Gasteiger partial charge >= 0.3 is 11.8 Å². The number of aliphatic hydroxyl groups is 1. The first-order valence-electron chi connectivity index (χ1n) is 6.22. The van der Waals surface area contributed by atoms with E-state index in [0.29, 0.717) is 19.6 Å². The molecule has 1 aliphatic heterocycles. The van der Waals surface area contributed by atoms with Crippen LogP contribution < -0.4 is 5.43 Å². The monoisotopic (exact) mass is 258 g/mol. The molecule has 1 heterocycles. The highest BCUT2D eigenvalue weighted by Crippen LogP contribution is 1.96. The molecule has 0 aromatic carbocycles. The van der Waals surface area contributed by atoms with Gasteiger partial charge in [0.1, 0.15) is 0 Å². The first-order valence-corrected chi connectivity index (χ1v) is 6.22. The maximum absolute atomic E-state index is 11.8. The second kappa shape index (κ2) is 7.30. The number of rotatable bonds is 4. The number of carbonyl (C=O) groups excluding carboxylic acids is 2. The van der Waals surface area contributed by atoms with E-state index < -0.39 is 11.8 Å². The predicted octanol–water partition coefficient (Wildman–Crippen LogP) is -1.89. The number of hydrogen-bond donors (Lipinski definition) is 2. The van der Waals surface area contributed by atoms with Crippen LogP contribution in [-0.4, -0.2) is 84.7 Å². The molecule has 104 valence electrons. The van der Waals surface area contributed by atoms with Crippen LogP contribution in [-0.2, 0) is 9.59 Å². The lowest BCUT2D eigenvalue weighted by Gasteiger charge is -2.32. The molecule has 0 spiro atoms. The van der Waals surface area contributed by atoms with Crippen molar-refractivity contribution in [3.8, 4) is 0 Å². The van der Waals surface area contributed by atoms with Crippen LogP contribution in [0.3, 0.4) is 0 Å². The second-order valence-electron chi connectivity index (χ2n) is 4.34. The lowest BCUT2D eigenvalue weighted by Crippen LogP contribution is -2.56. The third-order valence-corrected chi connectivity index (χ3v) is 3.00. The number of amides is 2. The summed E-state index contributed by atoms with van der Waals surface area (Å²) in [5.74, 6) is -1.22. The smallest absolute Gasteiger partial charge is 0.323 e. The van der Waals surface area contributed by atoms with E-state index in [-0.39, 0.29) is 13.2 Å². The highest BCUT2D eigenvalue weighted by Gasteiger charge is 2.23. The van der Waals surface area contributed by atoms with Crippen LogP contribution in [0.25, 0.3) is 0 Å². The Morgan fingerprint density at radius 1 is 1.28 bits per heavy atom. The van der Waals surface area contributed by atoms with Crippen molar-refractivity contribution in [3.05, 3.63) is 0 Å². The molecule has 0 saturated carbocycles. The summed E-state index contributed by atoms with van der Waals surface area (Å²) in [5, 5.41) is 10.6. The molecule has 0 aromatic rings. The summed E-state index contributed by atoms with van der Waals surface area (Å²) >= 11 is 0. The van der Waals surface area contributed by atoms with Crippen molar-refractivity contribution in [2.24, 2.45) is 0 Å². The Balaban J connectivity index is 2.41. The largest absolute Gasteiger partial charge is 0.395 e. The Morgan fingerprint density at radius 2 is 1.89 bits per heavy atom. The van der Waals surface area contributed by atoms with E-state index in [2.05, 4.69) is 10.3 Å². The lowest BCUT2D eigenvalue weighted by atomic mass is 10.4. The van der Waals surface area contributed by atoms with Crippen molar-refractivity contribution in [2.75, 3.05) is 52.9 Å². The minimum atomic E-state index is -0.630. The van der Waals surface area contributed by atoms with Crippen molar-refractivity contribution in [3.63, 3.8) is 0 Å². The van der Waals surface area contributed by atoms with Gasteiger partial charge in [-0.05, 0) is 14.0 Å². The minimum Gasteiger partial charge on any atom is -0.395 e. The minimum absolute atomic E-state index is 0.138. The van der Waals surface area contributed by atoms with Gasteiger partial charge < -0.3 is 14.9 Å². The van der Waals surface area contributed by atoms with Crippen LogP contribution in [0.2, 0.25) is 0 Å². The Labute approximate surface area is 107 Å². The molecule has 2 N–H and O–H groups in total. The van der Waals surface area contributed by atoms with E-state index >= 15 is 0 Å². The van der Waals surface area contributed by atoms with E-state index in [0.717, 1.165) is 13.1 Å². The van der Waals surface area contributed by atoms with E-state index in [1.54, 1.807) is 11.9 Å². The fraction of sp³-hybridized carbons (Fsp3) is 0.818. The normalized spacial score (nSPS) is 17.5. The van der Waals surface area contributed by atoms with E-state index in [1.807, 2.05) is 7.05 Å². The molecule has 0 atom stereocenters. The zero-order chi connectivity index (χ0) is 13.5. The standard InChI is InChI=1S/C11H22N4O3/c1-3-14(8-9-16)11(18)10(17)12-15-6-4-13(2)5-7-15/h16H,3-9H2,1-2H3,(H,12,17). The van der Waals surface area contributed by atoms with Gasteiger partial charge in [0.15, 0.2) is 0 Å². The van der Waals surface area contributed by atoms with E-state index in [9.17, 15) is 9.59 Å². The lowest BCUT2D eigenvalue weighted by molar-refractivity contribution is -0.149. The number of hydrogen-bond acceptors (Lipinski definition) is 5. The molecular weight excluding hydrogens is 236 g/mol. The van der Waals surface area contributed by atoms with Crippen LogP contribution in [0, 0.1) is 0 Å². The number of aliphatic hydroxyl groups excluding tert-OH is 1. The summed E-state index contributed by atoms with van der Waals surface area (Å²) in [6, 6.07) is 0. The number of likely N-dealkylation sites (N-methyl/N-ethyl adjacent to an activating group) is 2. The van der Waals surface area contributed by atoms with Gasteiger partial charge in [-0.25, -0.2) is 5.01 Å². The maximum Gasteiger partial charge on any atom is 0.323 e. The first kappa shape index (κ1) is 14.9. The summed E-state index contributed by atoms with van der Waals surface area (Å²) in [4.78, 5) is 27.0. The van der Waals surface area contributed by atoms with Crippen molar-refractivity contribution in [1.29, 1.82) is 0 Å². The maximum atomic E-state index is 11.8. The quantitative estimate of drug-likeness (QED) is 0.576. The Kier molecular flexibility index (Phi) is 6.03. The topological polar surface area (TPSA) is 76.1 Å². The van der Waals surface area contributed by atoms with Gasteiger partial charge in [-0.3, -0.25) is 15.0 Å². The Bertz CT molecular complexity index is 290. The van der Waals surface area contributed by atoms with Gasteiger partial charge in [-0.2, -0.15) is 0 Å². The van der Waals surface area contributed by atoms with Crippen molar-refractivity contribution in [2.45, 2.75) is 6.92 Å². The zero-order valence-corrected chi connectivity index (χ0v) is 11.1. The van der Waals surface area contributed by atoms with Crippen molar-refractivity contribution in [1.82, 2.24) is 20.2 Å². The third-order valence-electron chi connectivity index (χ3n) is 3.00. The molecule has 0 bridgehead atoms. The number of hydrazine groups is 1. The molecule has 0 aliphatic carbocycles. The van der Waals surface area contributed by atoms with Crippen LogP contribution in [0.15, 0.2) is 0 Å². The number of nitrogens with one attached hydrogen (secondary N) is 1. The van der Waals surface area contributed by atoms with Gasteiger partial charge in [0.05, 0.1) is 6.61 Å². The van der Waals surface area contributed by atoms with Crippen LogP contribution in [0.4, 0.5) is 0 Å². The summed E-state index contributed by atoms with van der Waals surface area (Å²) in [6.07, 6.45) is 0. The molecule has 7 nitrogen and oxygen atoms in total. The van der Waals surface area contributed by atoms with Crippen LogP contribution in [0.1, 0.15) is 6.92 Å². The Morgan fingerprint density at radius 3 is 2.39 bits per heavy atom. The first-order chi connectivity index (χ1) is 8.58. The summed E-state index contributed by atoms with van der Waals surface area (Å²) in [5.41, 5.74) is 2.61. The van der Waals surface area contributed by atoms with E-state index in [1.165, 1.54) is 4.90 Å². The molecule has 0 radical (unpaired) electrons. The van der Waals surface area contributed by atoms with Gasteiger partial charge in [0.25, 0.3) is 0 Å². The number of nitrogens with zero attached hydrogens (tertiary/aromatic N) is 3. The molecule has 0 unspecified atom stereocenters. The average Bonchev–Trinajstić information content (AvgIpc) is 2.37. The molecule has 7 heteroatoms. The zero-order valence-electron chi connectivity index (χ0n) is 11.1. The third kappa shape index (κ3) is 4.25. The SMILES string of the molecule is CCN(CCO)C(=O)C(=O)NN1CCN(C)CC1. The average molecular weight is 258 g/mol. The summed E-state index contributed by atoms with van der Waals surface area (Å²) in [7, 11) is 2.02. The Hall–Kier alpha value is -1.18. The molecule has 1 rings (SSSR count). The van der Waals surface area contributed by atoms with Crippen LogP contribution in [0.5, 0.6) is 0 Å². The number of carbonyl (C=O) groups is 2. The fourth-order valence-corrected chi connectivity index (χ4v) is 1.78. The van der Waals surface area contributed by atoms with Gasteiger partial charge in [0.2, 0.25) is 0 Å². The van der Waals surface area contributed by atoms with E-state index in [4.69, 9.17) is 5.11 Å². The van der Waals surface area contributed by atoms with Crippen molar-refractivity contribution >= 4 is 11.8 Å². The van der Waals surface area contributed by atoms with Gasteiger partial charge in [-0.1, -0.05) is 0 Å². The van der Waals surface area contributed by atoms with Crippen molar-refractivity contribution < 1.29 is 14.7 Å². The molecule has 18 heavy (non-hydrogen) atoms. The van der Waals surface area contributed by atoms with Gasteiger partial charge in [-0.15, -0.1) is 0 Å². The molecule has 1 saturated heterocycles. The molecule has 1 fully saturated rings. The fourth-order valence-electron chi connectivity index (χ4n) is 1.78. The molecule has 0 aromatic heterocycles. The number of piperazine rings is 1. The highest BCUT2D eigenvalue weighted by atomic mass is 16.3. The molecular formula is C11H22N4O3. The second-order valence-corrected chi connectivity index (χ2v) is 4.34. The molecule has 1 aliphatic rings. The summed E-state index contributed by atoms with van der Waals surface area (Å²) in [6.45, 7) is 5.38.